The Balaban J connectivity index is 1.79. The summed E-state index contributed by atoms with van der Waals surface area (Å²) in [4.78, 5) is 37.2. The van der Waals surface area contributed by atoms with Crippen LogP contribution in [0.5, 0.6) is 0 Å². The van der Waals surface area contributed by atoms with Crippen molar-refractivity contribution in [1.82, 2.24) is 0 Å². The minimum absolute atomic E-state index is 0.142. The van der Waals surface area contributed by atoms with Crippen molar-refractivity contribution < 1.29 is 33.3 Å². The van der Waals surface area contributed by atoms with Crippen LogP contribution in [0.1, 0.15) is 41.0 Å². The van der Waals surface area contributed by atoms with Gasteiger partial charge in [0.15, 0.2) is 17.8 Å². The van der Waals surface area contributed by atoms with Gasteiger partial charge in [-0.1, -0.05) is 23.8 Å². The van der Waals surface area contributed by atoms with E-state index in [9.17, 15) is 14.4 Å². The summed E-state index contributed by atoms with van der Waals surface area (Å²) in [7, 11) is 0. The summed E-state index contributed by atoms with van der Waals surface area (Å²) in [5.74, 6) is -2.29. The Kier molecular flexibility index (Phi) is 4.49. The number of carbonyl (C=O) groups is 3. The Morgan fingerprint density at radius 3 is 2.52 bits per heavy atom. The molecule has 0 aromatic rings. The maximum absolute atomic E-state index is 12.8. The van der Waals surface area contributed by atoms with Crippen molar-refractivity contribution >= 4 is 17.9 Å². The smallest absolute Gasteiger partial charge is 0.341 e. The summed E-state index contributed by atoms with van der Waals surface area (Å²) < 4.78 is 22.6. The Hall–Kier alpha value is -2.41. The third kappa shape index (κ3) is 2.94. The predicted octanol–water partition coefficient (Wildman–Crippen LogP) is 2.40. The van der Waals surface area contributed by atoms with Crippen LogP contribution >= 0.6 is 0 Å². The number of rotatable bonds is 3. The van der Waals surface area contributed by atoms with Crippen LogP contribution in [0.3, 0.4) is 0 Å². The molecule has 2 saturated heterocycles. The van der Waals surface area contributed by atoms with Crippen LogP contribution in [-0.4, -0.2) is 47.9 Å². The SMILES string of the molecule is C=C1C(=O)OC2C3C(C)=CCC3=C(C)C(OC(=O)C3(C)OC3C)C(OC(C)=O)C12. The van der Waals surface area contributed by atoms with Crippen molar-refractivity contribution in [3.63, 3.8) is 0 Å². The standard InChI is InChI=1S/C22H26O7/c1-9-7-8-14-10(2)17(28-21(25)22(6)12(4)29-22)19(26-13(5)23)16-11(3)20(24)27-18(16)15(9)14/h7,12,15-19H,3,8H2,1-2,4-6H3. The van der Waals surface area contributed by atoms with Crippen LogP contribution in [0.4, 0.5) is 0 Å². The average Bonchev–Trinajstić information content (AvgIpc) is 2.97. The van der Waals surface area contributed by atoms with Crippen molar-refractivity contribution in [2.75, 3.05) is 0 Å². The van der Waals surface area contributed by atoms with E-state index in [1.165, 1.54) is 6.92 Å². The number of ether oxygens (including phenoxy) is 4. The first-order valence-corrected chi connectivity index (χ1v) is 9.88. The van der Waals surface area contributed by atoms with Gasteiger partial charge in [0.1, 0.15) is 6.10 Å². The van der Waals surface area contributed by atoms with Crippen molar-refractivity contribution in [3.8, 4) is 0 Å². The third-order valence-corrected chi connectivity index (χ3v) is 6.77. The highest BCUT2D eigenvalue weighted by molar-refractivity contribution is 5.91. The summed E-state index contributed by atoms with van der Waals surface area (Å²) in [6.07, 6.45) is 0.220. The Morgan fingerprint density at radius 2 is 1.93 bits per heavy atom. The van der Waals surface area contributed by atoms with Crippen LogP contribution in [0.2, 0.25) is 0 Å². The minimum Gasteiger partial charge on any atom is -0.457 e. The highest BCUT2D eigenvalue weighted by Gasteiger charge is 2.60. The van der Waals surface area contributed by atoms with E-state index >= 15 is 0 Å². The van der Waals surface area contributed by atoms with Crippen LogP contribution < -0.4 is 0 Å². The van der Waals surface area contributed by atoms with Gasteiger partial charge in [-0.3, -0.25) is 4.79 Å². The molecule has 0 radical (unpaired) electrons. The monoisotopic (exact) mass is 402 g/mol. The van der Waals surface area contributed by atoms with Crippen molar-refractivity contribution in [1.29, 1.82) is 0 Å². The first-order valence-electron chi connectivity index (χ1n) is 9.88. The summed E-state index contributed by atoms with van der Waals surface area (Å²) in [6.45, 7) is 12.5. The summed E-state index contributed by atoms with van der Waals surface area (Å²) >= 11 is 0. The molecule has 156 valence electrons. The van der Waals surface area contributed by atoms with Gasteiger partial charge in [0.2, 0.25) is 0 Å². The summed E-state index contributed by atoms with van der Waals surface area (Å²) in [5.41, 5.74) is 2.15. The molecule has 29 heavy (non-hydrogen) atoms. The number of esters is 3. The molecule has 4 rings (SSSR count). The van der Waals surface area contributed by atoms with Crippen molar-refractivity contribution in [2.24, 2.45) is 11.8 Å². The zero-order valence-electron chi connectivity index (χ0n) is 17.3. The maximum atomic E-state index is 12.8. The second-order valence-electron chi connectivity index (χ2n) is 8.53. The number of fused-ring (bicyclic) bond motifs is 3. The zero-order chi connectivity index (χ0) is 21.2. The van der Waals surface area contributed by atoms with Gasteiger partial charge in [0.05, 0.1) is 12.0 Å². The van der Waals surface area contributed by atoms with Gasteiger partial charge in [-0.25, -0.2) is 9.59 Å². The molecule has 2 aliphatic heterocycles. The van der Waals surface area contributed by atoms with Crippen molar-refractivity contribution in [3.05, 3.63) is 34.9 Å². The van der Waals surface area contributed by atoms with Gasteiger partial charge >= 0.3 is 17.9 Å². The van der Waals surface area contributed by atoms with E-state index in [4.69, 9.17) is 18.9 Å². The number of hydrogen-bond acceptors (Lipinski definition) is 7. The average molecular weight is 402 g/mol. The Bertz CT molecular complexity index is 882. The molecule has 7 atom stereocenters. The first-order chi connectivity index (χ1) is 13.6. The highest BCUT2D eigenvalue weighted by Crippen LogP contribution is 2.50. The minimum atomic E-state index is -1.01. The molecular formula is C22H26O7. The van der Waals surface area contributed by atoms with Crippen LogP contribution in [0, 0.1) is 11.8 Å². The molecule has 2 fully saturated rings. The van der Waals surface area contributed by atoms with E-state index in [0.717, 1.165) is 16.7 Å². The topological polar surface area (TPSA) is 91.4 Å². The van der Waals surface area contributed by atoms with Gasteiger partial charge in [0, 0.05) is 18.4 Å². The Morgan fingerprint density at radius 1 is 1.28 bits per heavy atom. The zero-order valence-corrected chi connectivity index (χ0v) is 17.3. The van der Waals surface area contributed by atoms with Gasteiger partial charge < -0.3 is 18.9 Å². The van der Waals surface area contributed by atoms with Crippen LogP contribution in [0.15, 0.2) is 34.9 Å². The molecule has 2 heterocycles. The lowest BCUT2D eigenvalue weighted by Crippen LogP contribution is -2.45. The molecule has 0 N–H and O–H groups in total. The Labute approximate surface area is 169 Å². The van der Waals surface area contributed by atoms with E-state index < -0.39 is 47.7 Å². The first kappa shape index (κ1) is 19.9. The lowest BCUT2D eigenvalue weighted by atomic mass is 9.82. The molecule has 0 saturated carbocycles. The fourth-order valence-corrected chi connectivity index (χ4v) is 4.81. The number of epoxide rings is 1. The fourth-order valence-electron chi connectivity index (χ4n) is 4.81. The summed E-state index contributed by atoms with van der Waals surface area (Å²) in [5, 5.41) is 0. The van der Waals surface area contributed by atoms with E-state index in [1.54, 1.807) is 13.8 Å². The van der Waals surface area contributed by atoms with Gasteiger partial charge in [0.25, 0.3) is 0 Å². The van der Waals surface area contributed by atoms with Crippen LogP contribution in [0.25, 0.3) is 0 Å². The van der Waals surface area contributed by atoms with Gasteiger partial charge in [-0.15, -0.1) is 0 Å². The van der Waals surface area contributed by atoms with Gasteiger partial charge in [-0.2, -0.15) is 0 Å². The molecular weight excluding hydrogens is 376 g/mol. The lowest BCUT2D eigenvalue weighted by Gasteiger charge is -2.32. The molecule has 0 aromatic heterocycles. The van der Waals surface area contributed by atoms with E-state index in [1.807, 2.05) is 13.8 Å². The molecule has 4 aliphatic rings. The molecule has 0 amide bonds. The second-order valence-corrected chi connectivity index (χ2v) is 8.53. The van der Waals surface area contributed by atoms with Crippen LogP contribution in [-0.2, 0) is 33.3 Å². The molecule has 7 unspecified atom stereocenters. The van der Waals surface area contributed by atoms with E-state index in [-0.39, 0.29) is 17.6 Å². The predicted molar refractivity (Wildman–Crippen MR) is 101 cm³/mol. The molecule has 0 spiro atoms. The molecule has 7 heteroatoms. The second kappa shape index (κ2) is 6.55. The molecule has 0 bridgehead atoms. The van der Waals surface area contributed by atoms with Gasteiger partial charge in [-0.05, 0) is 39.7 Å². The molecule has 7 nitrogen and oxygen atoms in total. The number of allylic oxidation sites excluding steroid dienone is 1. The van der Waals surface area contributed by atoms with E-state index in [0.29, 0.717) is 6.42 Å². The number of hydrogen-bond donors (Lipinski definition) is 0. The molecule has 0 aromatic carbocycles. The quantitative estimate of drug-likeness (QED) is 0.235. The molecule has 2 aliphatic carbocycles. The normalized spacial score (nSPS) is 40.5. The number of carbonyl (C=O) groups excluding carboxylic acids is 3. The van der Waals surface area contributed by atoms with E-state index in [2.05, 4.69) is 12.7 Å². The summed E-state index contributed by atoms with van der Waals surface area (Å²) in [6, 6.07) is 0. The third-order valence-electron chi connectivity index (χ3n) is 6.77. The largest absolute Gasteiger partial charge is 0.457 e. The van der Waals surface area contributed by atoms with Crippen molar-refractivity contribution in [2.45, 2.75) is 71.1 Å². The highest BCUT2D eigenvalue weighted by atomic mass is 16.7. The maximum Gasteiger partial charge on any atom is 0.341 e. The lowest BCUT2D eigenvalue weighted by molar-refractivity contribution is -0.171. The fraction of sp³-hybridized carbons (Fsp3) is 0.591.